The van der Waals surface area contributed by atoms with E-state index in [0.29, 0.717) is 0 Å². The Morgan fingerprint density at radius 3 is 2.40 bits per heavy atom. The zero-order valence-electron chi connectivity index (χ0n) is 10.2. The Bertz CT molecular complexity index is 623. The topological polar surface area (TPSA) is 127 Å². The Morgan fingerprint density at radius 2 is 2.00 bits per heavy atom. The average Bonchev–Trinajstić information content (AvgIpc) is 2.38. The van der Waals surface area contributed by atoms with Gasteiger partial charge in [-0.15, -0.1) is 6.58 Å². The van der Waals surface area contributed by atoms with Gasteiger partial charge in [0, 0.05) is 12.1 Å². The first kappa shape index (κ1) is 15.8. The summed E-state index contributed by atoms with van der Waals surface area (Å²) in [4.78, 5) is 20.4. The summed E-state index contributed by atoms with van der Waals surface area (Å²) in [6.45, 7) is 3.34. The molecule has 1 rings (SSSR count). The summed E-state index contributed by atoms with van der Waals surface area (Å²) in [5.74, 6) is -1.34. The van der Waals surface area contributed by atoms with Gasteiger partial charge in [0.15, 0.2) is 0 Å². The number of carbonyl (C=O) groups is 1. The molecule has 0 heterocycles. The van der Waals surface area contributed by atoms with Gasteiger partial charge in [0.1, 0.15) is 6.04 Å². The van der Waals surface area contributed by atoms with Crippen molar-refractivity contribution in [2.24, 2.45) is 0 Å². The number of nitrogens with one attached hydrogen (secondary N) is 1. The lowest BCUT2D eigenvalue weighted by molar-refractivity contribution is -0.384. The van der Waals surface area contributed by atoms with Crippen LogP contribution in [-0.4, -0.2) is 30.5 Å². The predicted octanol–water partition coefficient (Wildman–Crippen LogP) is 0.902. The lowest BCUT2D eigenvalue weighted by atomic mass is 10.2. The highest BCUT2D eigenvalue weighted by molar-refractivity contribution is 7.89. The van der Waals surface area contributed by atoms with Gasteiger partial charge >= 0.3 is 5.97 Å². The summed E-state index contributed by atoms with van der Waals surface area (Å²) in [5.41, 5.74) is -0.259. The molecule has 1 unspecified atom stereocenters. The van der Waals surface area contributed by atoms with Crippen molar-refractivity contribution >= 4 is 21.7 Å². The number of sulfonamides is 1. The van der Waals surface area contributed by atoms with Gasteiger partial charge in [-0.1, -0.05) is 6.08 Å². The van der Waals surface area contributed by atoms with Crippen molar-refractivity contribution in [1.29, 1.82) is 0 Å². The molecule has 0 aromatic heterocycles. The van der Waals surface area contributed by atoms with E-state index in [1.165, 1.54) is 6.08 Å². The third-order valence-electron chi connectivity index (χ3n) is 2.36. The van der Waals surface area contributed by atoms with Crippen LogP contribution >= 0.6 is 0 Å². The highest BCUT2D eigenvalue weighted by Crippen LogP contribution is 2.16. The van der Waals surface area contributed by atoms with Crippen molar-refractivity contribution < 1.29 is 23.2 Å². The summed E-state index contributed by atoms with van der Waals surface area (Å²) in [5, 5.41) is 19.3. The van der Waals surface area contributed by atoms with E-state index in [4.69, 9.17) is 5.11 Å². The SMILES string of the molecule is C=CCC(NS(=O)(=O)c1ccc([N+](=O)[O-])cc1)C(=O)O. The minimum absolute atomic E-state index is 0.0818. The van der Waals surface area contributed by atoms with Crippen LogP contribution in [0.5, 0.6) is 0 Å². The van der Waals surface area contributed by atoms with Gasteiger partial charge in [0.2, 0.25) is 10.0 Å². The molecule has 8 nitrogen and oxygen atoms in total. The highest BCUT2D eigenvalue weighted by Gasteiger charge is 2.24. The number of benzene rings is 1. The molecule has 0 aliphatic carbocycles. The second-order valence-corrected chi connectivity index (χ2v) is 5.50. The molecule has 1 aromatic rings. The van der Waals surface area contributed by atoms with Crippen molar-refractivity contribution in [3.05, 3.63) is 47.0 Å². The Labute approximate surface area is 114 Å². The van der Waals surface area contributed by atoms with Crippen molar-refractivity contribution in [3.8, 4) is 0 Å². The van der Waals surface area contributed by atoms with E-state index in [9.17, 15) is 23.3 Å². The summed E-state index contributed by atoms with van der Waals surface area (Å²) in [6.07, 6.45) is 1.19. The van der Waals surface area contributed by atoms with E-state index in [0.717, 1.165) is 24.3 Å². The number of nitrogens with zero attached hydrogens (tertiary/aromatic N) is 1. The fourth-order valence-corrected chi connectivity index (χ4v) is 2.57. The smallest absolute Gasteiger partial charge is 0.322 e. The Hall–Kier alpha value is -2.26. The Morgan fingerprint density at radius 1 is 1.45 bits per heavy atom. The largest absolute Gasteiger partial charge is 0.480 e. The van der Waals surface area contributed by atoms with Crippen molar-refractivity contribution in [1.82, 2.24) is 4.72 Å². The number of hydrogen-bond acceptors (Lipinski definition) is 5. The number of nitro benzene ring substituents is 1. The molecule has 0 amide bonds. The Kier molecular flexibility index (Phi) is 4.94. The second-order valence-electron chi connectivity index (χ2n) is 3.79. The van der Waals surface area contributed by atoms with E-state index in [-0.39, 0.29) is 17.0 Å². The molecule has 0 aliphatic rings. The maximum Gasteiger partial charge on any atom is 0.322 e. The fraction of sp³-hybridized carbons (Fsp3) is 0.182. The first-order chi connectivity index (χ1) is 9.27. The van der Waals surface area contributed by atoms with E-state index in [1.807, 2.05) is 4.72 Å². The molecule has 0 bridgehead atoms. The summed E-state index contributed by atoms with van der Waals surface area (Å²) in [7, 11) is -4.07. The summed E-state index contributed by atoms with van der Waals surface area (Å²) < 4.78 is 25.8. The molecule has 1 aromatic carbocycles. The van der Waals surface area contributed by atoms with Gasteiger partial charge in [0.25, 0.3) is 5.69 Å². The molecule has 9 heteroatoms. The van der Waals surface area contributed by atoms with Gasteiger partial charge in [-0.2, -0.15) is 4.72 Å². The maximum atomic E-state index is 11.9. The molecule has 0 fully saturated rings. The standard InChI is InChI=1S/C11H12N2O6S/c1-2-3-10(11(14)15)12-20(18,19)9-6-4-8(5-7-9)13(16)17/h2,4-7,10,12H,1,3H2,(H,14,15). The first-order valence-electron chi connectivity index (χ1n) is 5.38. The van der Waals surface area contributed by atoms with E-state index in [2.05, 4.69) is 6.58 Å². The van der Waals surface area contributed by atoms with Gasteiger partial charge < -0.3 is 5.11 Å². The number of aliphatic carboxylic acids is 1. The quantitative estimate of drug-likeness (QED) is 0.437. The minimum atomic E-state index is -4.07. The van der Waals surface area contributed by atoms with Crippen LogP contribution in [0.1, 0.15) is 6.42 Å². The van der Waals surface area contributed by atoms with Crippen LogP contribution in [0.25, 0.3) is 0 Å². The Balaban J connectivity index is 3.00. The molecule has 0 saturated carbocycles. The zero-order valence-corrected chi connectivity index (χ0v) is 11.0. The van der Waals surface area contributed by atoms with Crippen LogP contribution in [0.15, 0.2) is 41.8 Å². The number of non-ortho nitro benzene ring substituents is 1. The third kappa shape index (κ3) is 3.87. The molecule has 0 radical (unpaired) electrons. The molecule has 0 aliphatic heterocycles. The number of carboxylic acid groups (broad SMARTS) is 1. The molecular weight excluding hydrogens is 288 g/mol. The van der Waals surface area contributed by atoms with Crippen LogP contribution in [0.2, 0.25) is 0 Å². The van der Waals surface area contributed by atoms with Gasteiger partial charge in [-0.25, -0.2) is 8.42 Å². The number of hydrogen-bond donors (Lipinski definition) is 2. The monoisotopic (exact) mass is 300 g/mol. The highest BCUT2D eigenvalue weighted by atomic mass is 32.2. The molecule has 0 spiro atoms. The van der Waals surface area contributed by atoms with Crippen LogP contribution in [0, 0.1) is 10.1 Å². The predicted molar refractivity (Wildman–Crippen MR) is 69.7 cm³/mol. The first-order valence-corrected chi connectivity index (χ1v) is 6.86. The molecular formula is C11H12N2O6S. The van der Waals surface area contributed by atoms with Crippen LogP contribution < -0.4 is 4.72 Å². The lowest BCUT2D eigenvalue weighted by Gasteiger charge is -2.12. The van der Waals surface area contributed by atoms with E-state index < -0.39 is 27.0 Å². The number of carboxylic acids is 1. The van der Waals surface area contributed by atoms with Gasteiger partial charge in [-0.05, 0) is 18.6 Å². The fourth-order valence-electron chi connectivity index (χ4n) is 1.37. The van der Waals surface area contributed by atoms with Gasteiger partial charge in [0.05, 0.1) is 9.82 Å². The normalized spacial score (nSPS) is 12.6. The van der Waals surface area contributed by atoms with Crippen LogP contribution in [0.4, 0.5) is 5.69 Å². The summed E-state index contributed by atoms with van der Waals surface area (Å²) in [6, 6.07) is 2.78. The lowest BCUT2D eigenvalue weighted by Crippen LogP contribution is -2.40. The van der Waals surface area contributed by atoms with Crippen molar-refractivity contribution in [2.75, 3.05) is 0 Å². The van der Waals surface area contributed by atoms with E-state index >= 15 is 0 Å². The number of nitro groups is 1. The zero-order chi connectivity index (χ0) is 15.3. The minimum Gasteiger partial charge on any atom is -0.480 e. The van der Waals surface area contributed by atoms with Crippen LogP contribution in [0.3, 0.4) is 0 Å². The third-order valence-corrected chi connectivity index (χ3v) is 3.84. The van der Waals surface area contributed by atoms with Gasteiger partial charge in [-0.3, -0.25) is 14.9 Å². The van der Waals surface area contributed by atoms with E-state index in [1.54, 1.807) is 0 Å². The molecule has 108 valence electrons. The van der Waals surface area contributed by atoms with Crippen LogP contribution in [-0.2, 0) is 14.8 Å². The second kappa shape index (κ2) is 6.26. The number of rotatable bonds is 7. The average molecular weight is 300 g/mol. The molecule has 1 atom stereocenters. The summed E-state index contributed by atoms with van der Waals surface area (Å²) >= 11 is 0. The van der Waals surface area contributed by atoms with Crippen molar-refractivity contribution in [2.45, 2.75) is 17.4 Å². The molecule has 0 saturated heterocycles. The molecule has 20 heavy (non-hydrogen) atoms. The maximum absolute atomic E-state index is 11.9. The molecule has 2 N–H and O–H groups in total. The van der Waals surface area contributed by atoms with Crippen molar-refractivity contribution in [3.63, 3.8) is 0 Å².